The Morgan fingerprint density at radius 3 is 2.48 bits per heavy atom. The molecule has 126 valence electrons. The van der Waals surface area contributed by atoms with Gasteiger partial charge in [-0.3, -0.25) is 19.8 Å². The molecule has 25 heavy (non-hydrogen) atoms. The summed E-state index contributed by atoms with van der Waals surface area (Å²) < 4.78 is 5.11. The Hall–Kier alpha value is -3.68. The van der Waals surface area contributed by atoms with Gasteiger partial charge in [-0.25, -0.2) is 9.59 Å². The first kappa shape index (κ1) is 16.2. The van der Waals surface area contributed by atoms with Gasteiger partial charge in [0.05, 0.1) is 18.4 Å². The zero-order chi connectivity index (χ0) is 18.0. The number of carboxylic acids is 1. The summed E-state index contributed by atoms with van der Waals surface area (Å²) in [4.78, 5) is 48.1. The molecule has 0 unspecified atom stereocenters. The number of amides is 4. The normalized spacial score (nSPS) is 16.2. The quantitative estimate of drug-likeness (QED) is 0.645. The molecule has 0 radical (unpaired) electrons. The van der Waals surface area contributed by atoms with E-state index in [1.165, 1.54) is 36.6 Å². The van der Waals surface area contributed by atoms with Crippen molar-refractivity contribution in [1.82, 2.24) is 10.2 Å². The van der Waals surface area contributed by atoms with Gasteiger partial charge in [0, 0.05) is 0 Å². The Morgan fingerprint density at radius 1 is 1.16 bits per heavy atom. The van der Waals surface area contributed by atoms with Crippen molar-refractivity contribution in [3.05, 3.63) is 65.1 Å². The van der Waals surface area contributed by atoms with Crippen LogP contribution in [0.25, 0.3) is 6.08 Å². The van der Waals surface area contributed by atoms with Crippen LogP contribution in [0.4, 0.5) is 4.79 Å². The molecule has 1 aromatic carbocycles. The number of rotatable bonds is 4. The molecule has 2 N–H and O–H groups in total. The molecule has 1 fully saturated rings. The van der Waals surface area contributed by atoms with E-state index in [1.807, 2.05) is 0 Å². The van der Waals surface area contributed by atoms with Crippen LogP contribution in [0.2, 0.25) is 0 Å². The number of aromatic carboxylic acids is 1. The largest absolute Gasteiger partial charge is 0.478 e. The average molecular weight is 340 g/mol. The number of carbonyl (C=O) groups is 4. The molecule has 0 aliphatic carbocycles. The van der Waals surface area contributed by atoms with Gasteiger partial charge in [0.25, 0.3) is 11.8 Å². The first-order chi connectivity index (χ1) is 12.0. The van der Waals surface area contributed by atoms with E-state index < -0.39 is 23.8 Å². The molecule has 0 spiro atoms. The van der Waals surface area contributed by atoms with Crippen LogP contribution in [-0.2, 0) is 16.1 Å². The molecular formula is C17H12N2O6. The SMILES string of the molecule is O=C1NC(=O)N(Cc2ccco2)C(=O)/C1=C/c1ccc(C(=O)O)cc1. The van der Waals surface area contributed by atoms with E-state index >= 15 is 0 Å². The van der Waals surface area contributed by atoms with Gasteiger partial charge in [-0.15, -0.1) is 0 Å². The molecule has 1 aliphatic heterocycles. The van der Waals surface area contributed by atoms with Gasteiger partial charge in [0.15, 0.2) is 0 Å². The molecule has 0 bridgehead atoms. The van der Waals surface area contributed by atoms with E-state index in [9.17, 15) is 19.2 Å². The molecule has 1 saturated heterocycles. The lowest BCUT2D eigenvalue weighted by molar-refractivity contribution is -0.130. The number of hydrogen-bond acceptors (Lipinski definition) is 5. The first-order valence-corrected chi connectivity index (χ1v) is 7.20. The van der Waals surface area contributed by atoms with Crippen molar-refractivity contribution in [3.63, 3.8) is 0 Å². The second-order valence-electron chi connectivity index (χ2n) is 5.22. The molecule has 1 aliphatic rings. The van der Waals surface area contributed by atoms with Crippen molar-refractivity contribution in [2.45, 2.75) is 6.54 Å². The number of imide groups is 2. The minimum absolute atomic E-state index is 0.0798. The summed E-state index contributed by atoms with van der Waals surface area (Å²) in [6.07, 6.45) is 2.71. The highest BCUT2D eigenvalue weighted by Crippen LogP contribution is 2.17. The molecule has 8 heteroatoms. The lowest BCUT2D eigenvalue weighted by Crippen LogP contribution is -2.53. The van der Waals surface area contributed by atoms with Crippen LogP contribution in [0, 0.1) is 0 Å². The third kappa shape index (κ3) is 3.32. The van der Waals surface area contributed by atoms with E-state index in [4.69, 9.17) is 9.52 Å². The predicted octanol–water partition coefficient (Wildman–Crippen LogP) is 1.64. The average Bonchev–Trinajstić information content (AvgIpc) is 3.09. The number of nitrogens with zero attached hydrogens (tertiary/aromatic N) is 1. The van der Waals surface area contributed by atoms with E-state index in [-0.39, 0.29) is 17.7 Å². The van der Waals surface area contributed by atoms with Crippen LogP contribution in [-0.4, -0.2) is 33.8 Å². The highest BCUT2D eigenvalue weighted by molar-refractivity contribution is 6.30. The fourth-order valence-electron chi connectivity index (χ4n) is 2.28. The number of hydrogen-bond donors (Lipinski definition) is 2. The lowest BCUT2D eigenvalue weighted by Gasteiger charge is -2.25. The van der Waals surface area contributed by atoms with Crippen LogP contribution in [0.1, 0.15) is 21.7 Å². The van der Waals surface area contributed by atoms with Gasteiger partial charge in [0.1, 0.15) is 11.3 Å². The number of nitrogens with one attached hydrogen (secondary N) is 1. The fraction of sp³-hybridized carbons (Fsp3) is 0.0588. The number of carbonyl (C=O) groups excluding carboxylic acids is 3. The van der Waals surface area contributed by atoms with Gasteiger partial charge in [-0.2, -0.15) is 0 Å². The zero-order valence-electron chi connectivity index (χ0n) is 12.8. The smallest absolute Gasteiger partial charge is 0.335 e. The van der Waals surface area contributed by atoms with Crippen LogP contribution in [0.15, 0.2) is 52.7 Å². The van der Waals surface area contributed by atoms with Crippen molar-refractivity contribution in [3.8, 4) is 0 Å². The molecule has 8 nitrogen and oxygen atoms in total. The minimum Gasteiger partial charge on any atom is -0.478 e. The molecule has 4 amide bonds. The van der Waals surface area contributed by atoms with Gasteiger partial charge in [-0.1, -0.05) is 12.1 Å². The predicted molar refractivity (Wildman–Crippen MR) is 84.2 cm³/mol. The van der Waals surface area contributed by atoms with E-state index in [1.54, 1.807) is 12.1 Å². The van der Waals surface area contributed by atoms with Crippen molar-refractivity contribution in [2.24, 2.45) is 0 Å². The summed E-state index contributed by atoms with van der Waals surface area (Å²) in [7, 11) is 0. The summed E-state index contributed by atoms with van der Waals surface area (Å²) in [5.74, 6) is -2.26. The summed E-state index contributed by atoms with van der Waals surface area (Å²) in [6, 6.07) is 8.02. The first-order valence-electron chi connectivity index (χ1n) is 7.20. The standard InChI is InChI=1S/C17H12N2O6/c20-14-13(8-10-3-5-11(6-4-10)16(22)23)15(21)19(17(24)18-14)9-12-2-1-7-25-12/h1-8H,9H2,(H,22,23)(H,18,20,24)/b13-8+. The zero-order valence-corrected chi connectivity index (χ0v) is 12.8. The Bertz CT molecular complexity index is 880. The van der Waals surface area contributed by atoms with Crippen molar-refractivity contribution < 1.29 is 28.7 Å². The maximum atomic E-state index is 12.5. The molecule has 2 aromatic rings. The fourth-order valence-corrected chi connectivity index (χ4v) is 2.28. The summed E-state index contributed by atoms with van der Waals surface area (Å²) in [6.45, 7) is -0.111. The van der Waals surface area contributed by atoms with Crippen molar-refractivity contribution in [2.75, 3.05) is 0 Å². The van der Waals surface area contributed by atoms with Crippen molar-refractivity contribution in [1.29, 1.82) is 0 Å². The number of urea groups is 1. The minimum atomic E-state index is -1.08. The number of benzene rings is 1. The lowest BCUT2D eigenvalue weighted by atomic mass is 10.1. The Balaban J connectivity index is 1.88. The summed E-state index contributed by atoms with van der Waals surface area (Å²) >= 11 is 0. The molecule has 1 aromatic heterocycles. The highest BCUT2D eigenvalue weighted by atomic mass is 16.4. The Labute approximate surface area is 141 Å². The van der Waals surface area contributed by atoms with Crippen LogP contribution in [0.5, 0.6) is 0 Å². The topological polar surface area (TPSA) is 117 Å². The van der Waals surface area contributed by atoms with Gasteiger partial charge in [-0.05, 0) is 35.9 Å². The Morgan fingerprint density at radius 2 is 1.88 bits per heavy atom. The third-order valence-corrected chi connectivity index (χ3v) is 3.55. The number of carboxylic acid groups (broad SMARTS) is 1. The Kier molecular flexibility index (Phi) is 4.17. The molecule has 0 saturated carbocycles. The van der Waals surface area contributed by atoms with E-state index in [2.05, 4.69) is 5.32 Å². The highest BCUT2D eigenvalue weighted by Gasteiger charge is 2.36. The van der Waals surface area contributed by atoms with Crippen LogP contribution < -0.4 is 5.32 Å². The third-order valence-electron chi connectivity index (χ3n) is 3.55. The van der Waals surface area contributed by atoms with Crippen LogP contribution >= 0.6 is 0 Å². The number of barbiturate groups is 1. The maximum absolute atomic E-state index is 12.5. The van der Waals surface area contributed by atoms with Gasteiger partial charge >= 0.3 is 12.0 Å². The second-order valence-corrected chi connectivity index (χ2v) is 5.22. The van der Waals surface area contributed by atoms with Crippen molar-refractivity contribution >= 4 is 29.9 Å². The second kappa shape index (κ2) is 6.44. The maximum Gasteiger partial charge on any atom is 0.335 e. The van der Waals surface area contributed by atoms with Gasteiger partial charge < -0.3 is 9.52 Å². The molecular weight excluding hydrogens is 328 g/mol. The van der Waals surface area contributed by atoms with Gasteiger partial charge in [0.2, 0.25) is 0 Å². The van der Waals surface area contributed by atoms with E-state index in [0.717, 1.165) is 4.90 Å². The molecule has 0 atom stereocenters. The summed E-state index contributed by atoms with van der Waals surface area (Å²) in [5.41, 5.74) is 0.307. The van der Waals surface area contributed by atoms with Crippen LogP contribution in [0.3, 0.4) is 0 Å². The monoisotopic (exact) mass is 340 g/mol. The van der Waals surface area contributed by atoms with E-state index in [0.29, 0.717) is 11.3 Å². The molecule has 3 rings (SSSR count). The molecule has 2 heterocycles. The summed E-state index contributed by atoms with van der Waals surface area (Å²) in [5, 5.41) is 11.0. The number of furan rings is 1.